The number of aromatic nitrogens is 4. The van der Waals surface area contributed by atoms with Gasteiger partial charge in [-0.1, -0.05) is 0 Å². The molecule has 1 atom stereocenters. The summed E-state index contributed by atoms with van der Waals surface area (Å²) in [7, 11) is 0. The first-order chi connectivity index (χ1) is 11.9. The first-order valence-electron chi connectivity index (χ1n) is 7.27. The number of halogens is 4. The molecule has 0 bridgehead atoms. The van der Waals surface area contributed by atoms with Crippen LogP contribution in [0.4, 0.5) is 29.2 Å². The molecular formula is C13H14F4N6O2. The predicted octanol–water partition coefficient (Wildman–Crippen LogP) is 1.92. The highest BCUT2D eigenvalue weighted by Crippen LogP contribution is 2.27. The molecule has 2 aromatic heterocycles. The summed E-state index contributed by atoms with van der Waals surface area (Å²) >= 11 is 0. The van der Waals surface area contributed by atoms with Gasteiger partial charge in [-0.05, 0) is 6.54 Å². The number of H-pyrrole nitrogens is 1. The van der Waals surface area contributed by atoms with E-state index in [-0.39, 0.29) is 29.8 Å². The molecule has 0 aromatic carbocycles. The summed E-state index contributed by atoms with van der Waals surface area (Å²) in [5.41, 5.74) is 0. The largest absolute Gasteiger partial charge is 0.467 e. The zero-order valence-corrected chi connectivity index (χ0v) is 12.7. The Kier molecular flexibility index (Phi) is 4.88. The molecule has 25 heavy (non-hydrogen) atoms. The van der Waals surface area contributed by atoms with E-state index in [0.717, 1.165) is 0 Å². The molecule has 136 valence electrons. The average Bonchev–Trinajstić information content (AvgIpc) is 2.96. The van der Waals surface area contributed by atoms with Gasteiger partial charge in [0.05, 0.1) is 18.9 Å². The van der Waals surface area contributed by atoms with Crippen LogP contribution in [0.1, 0.15) is 6.42 Å². The first-order valence-corrected chi connectivity index (χ1v) is 7.27. The fourth-order valence-corrected chi connectivity index (χ4v) is 2.23. The fraction of sp³-hybridized carbons (Fsp3) is 0.462. The number of rotatable bonds is 6. The van der Waals surface area contributed by atoms with Crippen LogP contribution in [0.15, 0.2) is 18.5 Å². The number of ether oxygens (including phenoxy) is 2. The molecule has 0 spiro atoms. The van der Waals surface area contributed by atoms with Crippen LogP contribution in [0, 0.1) is 0 Å². The van der Waals surface area contributed by atoms with E-state index in [0.29, 0.717) is 6.54 Å². The van der Waals surface area contributed by atoms with Gasteiger partial charge in [-0.25, -0.2) is 8.78 Å². The number of anilines is 2. The molecule has 0 unspecified atom stereocenters. The Morgan fingerprint density at radius 2 is 2.12 bits per heavy atom. The number of nitrogens with one attached hydrogen (secondary N) is 3. The van der Waals surface area contributed by atoms with Crippen LogP contribution in [-0.4, -0.2) is 51.9 Å². The van der Waals surface area contributed by atoms with Gasteiger partial charge < -0.3 is 20.1 Å². The van der Waals surface area contributed by atoms with Crippen LogP contribution in [0.5, 0.6) is 11.8 Å². The van der Waals surface area contributed by atoms with Gasteiger partial charge >= 0.3 is 6.61 Å². The summed E-state index contributed by atoms with van der Waals surface area (Å²) in [6.45, 7) is -3.06. The summed E-state index contributed by atoms with van der Waals surface area (Å²) in [6.07, 6.45) is 1.33. The first kappa shape index (κ1) is 17.2. The third kappa shape index (κ3) is 4.47. The number of piperidine rings is 1. The number of nitrogens with zero attached hydrogens (tertiary/aromatic N) is 3. The molecule has 3 heterocycles. The molecule has 0 amide bonds. The van der Waals surface area contributed by atoms with Gasteiger partial charge in [0, 0.05) is 12.5 Å². The van der Waals surface area contributed by atoms with Gasteiger partial charge in [0.25, 0.3) is 5.92 Å². The molecule has 8 nitrogen and oxygen atoms in total. The Hall–Kier alpha value is -2.63. The lowest BCUT2D eigenvalue weighted by Crippen LogP contribution is -2.52. The molecule has 0 saturated carbocycles. The van der Waals surface area contributed by atoms with E-state index >= 15 is 0 Å². The maximum atomic E-state index is 13.8. The Labute approximate surface area is 138 Å². The summed E-state index contributed by atoms with van der Waals surface area (Å²) in [5.74, 6) is -3.06. The van der Waals surface area contributed by atoms with E-state index in [1.807, 2.05) is 0 Å². The minimum absolute atomic E-state index is 0.0832. The van der Waals surface area contributed by atoms with Gasteiger partial charge in [0.1, 0.15) is 5.82 Å². The fourth-order valence-electron chi connectivity index (χ4n) is 2.23. The number of aromatic amines is 1. The van der Waals surface area contributed by atoms with Gasteiger partial charge in [-0.15, -0.1) is 5.10 Å². The quantitative estimate of drug-likeness (QED) is 0.676. The van der Waals surface area contributed by atoms with E-state index in [9.17, 15) is 17.6 Å². The highest BCUT2D eigenvalue weighted by molar-refractivity contribution is 5.51. The summed E-state index contributed by atoms with van der Waals surface area (Å²) in [6, 6.07) is 1.18. The third-order valence-corrected chi connectivity index (χ3v) is 3.32. The van der Waals surface area contributed by atoms with Crippen molar-refractivity contribution in [2.45, 2.75) is 25.1 Å². The monoisotopic (exact) mass is 362 g/mol. The van der Waals surface area contributed by atoms with Crippen LogP contribution in [0.3, 0.4) is 0 Å². The molecule has 12 heteroatoms. The lowest BCUT2D eigenvalue weighted by atomic mass is 10.1. The van der Waals surface area contributed by atoms with E-state index < -0.39 is 25.2 Å². The zero-order chi connectivity index (χ0) is 17.9. The standard InChI is InChI=1S/C13H14F4N6O2/c14-12(15)25-10-3-8(22-23-10)20-9-4-19-5-11(21-9)24-7-1-2-18-6-13(7,16)17/h3-5,7,12,18H,1-2,6H2,(H2,20,21,22,23)/t7-/m0/s1. The normalized spacial score (nSPS) is 19.6. The maximum Gasteiger partial charge on any atom is 0.388 e. The van der Waals surface area contributed by atoms with Crippen molar-refractivity contribution in [3.63, 3.8) is 0 Å². The highest BCUT2D eigenvalue weighted by atomic mass is 19.3. The second-order valence-electron chi connectivity index (χ2n) is 5.20. The maximum absolute atomic E-state index is 13.8. The molecule has 1 aliphatic heterocycles. The smallest absolute Gasteiger partial charge is 0.388 e. The van der Waals surface area contributed by atoms with Crippen LogP contribution >= 0.6 is 0 Å². The highest BCUT2D eigenvalue weighted by Gasteiger charge is 2.43. The average molecular weight is 362 g/mol. The Morgan fingerprint density at radius 3 is 2.88 bits per heavy atom. The second kappa shape index (κ2) is 7.09. The van der Waals surface area contributed by atoms with Crippen molar-refractivity contribution in [1.82, 2.24) is 25.5 Å². The lowest BCUT2D eigenvalue weighted by Gasteiger charge is -2.31. The van der Waals surface area contributed by atoms with Crippen molar-refractivity contribution in [2.24, 2.45) is 0 Å². The van der Waals surface area contributed by atoms with Crippen molar-refractivity contribution in [2.75, 3.05) is 18.4 Å². The van der Waals surface area contributed by atoms with Gasteiger partial charge in [-0.3, -0.25) is 10.1 Å². The molecule has 0 radical (unpaired) electrons. The molecular weight excluding hydrogens is 348 g/mol. The van der Waals surface area contributed by atoms with Crippen molar-refractivity contribution in [3.8, 4) is 11.8 Å². The minimum Gasteiger partial charge on any atom is -0.467 e. The summed E-state index contributed by atoms with van der Waals surface area (Å²) in [5, 5.41) is 11.2. The minimum atomic E-state index is -3.02. The second-order valence-corrected chi connectivity index (χ2v) is 5.20. The van der Waals surface area contributed by atoms with Crippen LogP contribution in [-0.2, 0) is 0 Å². The Morgan fingerprint density at radius 1 is 1.28 bits per heavy atom. The molecule has 3 rings (SSSR count). The summed E-state index contributed by atoms with van der Waals surface area (Å²) < 4.78 is 61.1. The van der Waals surface area contributed by atoms with Crippen LogP contribution < -0.4 is 20.1 Å². The van der Waals surface area contributed by atoms with E-state index in [2.05, 4.69) is 35.5 Å². The number of hydrogen-bond acceptors (Lipinski definition) is 7. The lowest BCUT2D eigenvalue weighted by molar-refractivity contribution is -0.110. The predicted molar refractivity (Wildman–Crippen MR) is 77.4 cm³/mol. The van der Waals surface area contributed by atoms with Crippen LogP contribution in [0.2, 0.25) is 0 Å². The van der Waals surface area contributed by atoms with Crippen molar-refractivity contribution >= 4 is 11.6 Å². The van der Waals surface area contributed by atoms with E-state index in [4.69, 9.17) is 4.74 Å². The molecule has 2 aromatic rings. The third-order valence-electron chi connectivity index (χ3n) is 3.32. The SMILES string of the molecule is FC(F)Oc1cc(Nc2cncc(O[C@H]3CCNCC3(F)F)n2)[nH]n1. The topological polar surface area (TPSA) is 97.0 Å². The summed E-state index contributed by atoms with van der Waals surface area (Å²) in [4.78, 5) is 7.86. The number of hydrogen-bond donors (Lipinski definition) is 3. The molecule has 3 N–H and O–H groups in total. The Bertz CT molecular complexity index is 713. The molecule has 0 aliphatic carbocycles. The molecule has 1 aliphatic rings. The van der Waals surface area contributed by atoms with Crippen molar-refractivity contribution in [1.29, 1.82) is 0 Å². The molecule has 1 saturated heterocycles. The van der Waals surface area contributed by atoms with E-state index in [1.165, 1.54) is 18.5 Å². The van der Waals surface area contributed by atoms with E-state index in [1.54, 1.807) is 0 Å². The van der Waals surface area contributed by atoms with Crippen molar-refractivity contribution < 1.29 is 27.0 Å². The van der Waals surface area contributed by atoms with Crippen LogP contribution in [0.25, 0.3) is 0 Å². The van der Waals surface area contributed by atoms with Gasteiger partial charge in [-0.2, -0.15) is 13.8 Å². The zero-order valence-electron chi connectivity index (χ0n) is 12.7. The van der Waals surface area contributed by atoms with Crippen molar-refractivity contribution in [3.05, 3.63) is 18.5 Å². The van der Waals surface area contributed by atoms with Gasteiger partial charge in [0.2, 0.25) is 11.8 Å². The molecule has 1 fully saturated rings. The number of alkyl halides is 4. The van der Waals surface area contributed by atoms with Gasteiger partial charge in [0.15, 0.2) is 11.9 Å². The Balaban J connectivity index is 1.66.